The van der Waals surface area contributed by atoms with Crippen molar-refractivity contribution in [3.8, 4) is 11.3 Å². The molecule has 0 radical (unpaired) electrons. The molecule has 0 aliphatic heterocycles. The number of amides is 1. The number of hydrogen-bond acceptors (Lipinski definition) is 3. The van der Waals surface area contributed by atoms with Gasteiger partial charge in [0.05, 0.1) is 0 Å². The first-order valence-corrected chi connectivity index (χ1v) is 9.11. The minimum absolute atomic E-state index is 0.216. The lowest BCUT2D eigenvalue weighted by atomic mass is 10.1. The van der Waals surface area contributed by atoms with E-state index in [1.165, 1.54) is 11.1 Å². The summed E-state index contributed by atoms with van der Waals surface area (Å²) >= 11 is 5.25. The maximum atomic E-state index is 12.4. The van der Waals surface area contributed by atoms with Crippen LogP contribution in [0, 0.1) is 27.7 Å². The number of benzene rings is 2. The minimum atomic E-state index is -0.382. The first kappa shape index (κ1) is 18.9. The second-order valence-corrected chi connectivity index (χ2v) is 7.16. The van der Waals surface area contributed by atoms with Crippen molar-refractivity contribution >= 4 is 28.9 Å². The van der Waals surface area contributed by atoms with Crippen LogP contribution in [-0.2, 0) is 0 Å². The van der Waals surface area contributed by atoms with E-state index in [4.69, 9.17) is 16.6 Å². The van der Waals surface area contributed by atoms with Crippen LogP contribution in [0.15, 0.2) is 52.9 Å². The van der Waals surface area contributed by atoms with Crippen LogP contribution in [0.1, 0.15) is 32.8 Å². The third-order valence-electron chi connectivity index (χ3n) is 4.33. The molecule has 0 atom stereocenters. The third-order valence-corrected chi connectivity index (χ3v) is 4.53. The lowest BCUT2D eigenvalue weighted by molar-refractivity contribution is 0.0951. The smallest absolute Gasteiger partial charge is 0.293 e. The molecule has 4 nitrogen and oxygen atoms in total. The highest BCUT2D eigenvalue weighted by Gasteiger charge is 2.14. The Bertz CT molecular complexity index is 1000. The Morgan fingerprint density at radius 3 is 2.26 bits per heavy atom. The Morgan fingerprint density at radius 1 is 0.889 bits per heavy atom. The highest BCUT2D eigenvalue weighted by atomic mass is 32.1. The molecular formula is C22H22N2O2S. The monoisotopic (exact) mass is 378 g/mol. The van der Waals surface area contributed by atoms with E-state index in [1.54, 1.807) is 12.1 Å². The summed E-state index contributed by atoms with van der Waals surface area (Å²) in [6.45, 7) is 8.13. The summed E-state index contributed by atoms with van der Waals surface area (Å²) in [4.78, 5) is 12.4. The molecular weight excluding hydrogens is 356 g/mol. The molecule has 0 unspecified atom stereocenters. The number of carbonyl (C=O) groups is 1. The molecule has 138 valence electrons. The fourth-order valence-electron chi connectivity index (χ4n) is 2.88. The minimum Gasteiger partial charge on any atom is -0.451 e. The van der Waals surface area contributed by atoms with Crippen LogP contribution in [0.4, 0.5) is 5.69 Å². The fraction of sp³-hybridized carbons (Fsp3) is 0.182. The van der Waals surface area contributed by atoms with Gasteiger partial charge < -0.3 is 9.73 Å². The van der Waals surface area contributed by atoms with Crippen molar-refractivity contribution in [1.82, 2.24) is 5.32 Å². The van der Waals surface area contributed by atoms with Gasteiger partial charge in [-0.05, 0) is 92.5 Å². The van der Waals surface area contributed by atoms with Gasteiger partial charge in [0.25, 0.3) is 5.91 Å². The third kappa shape index (κ3) is 4.63. The maximum Gasteiger partial charge on any atom is 0.293 e. The Morgan fingerprint density at radius 2 is 1.59 bits per heavy atom. The van der Waals surface area contributed by atoms with E-state index in [1.807, 2.05) is 51.1 Å². The predicted molar refractivity (Wildman–Crippen MR) is 113 cm³/mol. The average molecular weight is 378 g/mol. The second-order valence-electron chi connectivity index (χ2n) is 6.75. The standard InChI is InChI=1S/C22H22N2O2S/c1-13-9-14(2)11-18(10-13)23-22(27)24-21(25)20-8-7-19(26-20)17-6-5-15(3)16(4)12-17/h5-12H,1-4H3,(H2,23,24,25,27). The van der Waals surface area contributed by atoms with Gasteiger partial charge in [-0.25, -0.2) is 0 Å². The molecule has 1 heterocycles. The number of rotatable bonds is 3. The van der Waals surface area contributed by atoms with Gasteiger partial charge in [0.15, 0.2) is 10.9 Å². The maximum absolute atomic E-state index is 12.4. The summed E-state index contributed by atoms with van der Waals surface area (Å²) in [5.74, 6) is 0.483. The zero-order valence-corrected chi connectivity index (χ0v) is 16.7. The molecule has 0 aliphatic rings. The van der Waals surface area contributed by atoms with Gasteiger partial charge in [0.1, 0.15) is 5.76 Å². The van der Waals surface area contributed by atoms with E-state index in [-0.39, 0.29) is 16.8 Å². The van der Waals surface area contributed by atoms with Gasteiger partial charge in [0.2, 0.25) is 0 Å². The van der Waals surface area contributed by atoms with Crippen LogP contribution in [0.2, 0.25) is 0 Å². The molecule has 0 saturated heterocycles. The highest BCUT2D eigenvalue weighted by molar-refractivity contribution is 7.80. The topological polar surface area (TPSA) is 54.3 Å². The van der Waals surface area contributed by atoms with Crippen molar-refractivity contribution in [2.75, 3.05) is 5.32 Å². The summed E-state index contributed by atoms with van der Waals surface area (Å²) in [7, 11) is 0. The van der Waals surface area contributed by atoms with Crippen LogP contribution >= 0.6 is 12.2 Å². The van der Waals surface area contributed by atoms with Gasteiger partial charge in [-0.2, -0.15) is 0 Å². The lowest BCUT2D eigenvalue weighted by Crippen LogP contribution is -2.33. The Hall–Kier alpha value is -2.92. The molecule has 1 aromatic heterocycles. The number of hydrogen-bond donors (Lipinski definition) is 2. The van der Waals surface area contributed by atoms with E-state index in [2.05, 4.69) is 23.6 Å². The molecule has 2 aromatic carbocycles. The number of carbonyl (C=O) groups excluding carboxylic acids is 1. The molecule has 0 aliphatic carbocycles. The van der Waals surface area contributed by atoms with E-state index in [0.717, 1.165) is 22.4 Å². The van der Waals surface area contributed by atoms with Crippen LogP contribution < -0.4 is 10.6 Å². The number of aryl methyl sites for hydroxylation is 4. The number of thiocarbonyl (C=S) groups is 1. The Kier molecular flexibility index (Phi) is 5.42. The molecule has 3 rings (SSSR count). The largest absolute Gasteiger partial charge is 0.451 e. The molecule has 5 heteroatoms. The average Bonchev–Trinajstić information content (AvgIpc) is 3.06. The zero-order chi connectivity index (χ0) is 19.6. The number of furan rings is 1. The molecule has 0 saturated carbocycles. The van der Waals surface area contributed by atoms with Crippen molar-refractivity contribution < 1.29 is 9.21 Å². The first-order chi connectivity index (χ1) is 12.8. The van der Waals surface area contributed by atoms with Crippen molar-refractivity contribution in [1.29, 1.82) is 0 Å². The summed E-state index contributed by atoms with van der Waals surface area (Å²) in [6.07, 6.45) is 0. The number of anilines is 1. The normalized spacial score (nSPS) is 10.5. The SMILES string of the molecule is Cc1cc(C)cc(NC(=S)NC(=O)c2ccc(-c3ccc(C)c(C)c3)o2)c1. The molecule has 0 bridgehead atoms. The Balaban J connectivity index is 1.68. The molecule has 0 spiro atoms. The molecule has 2 N–H and O–H groups in total. The predicted octanol–water partition coefficient (Wildman–Crippen LogP) is 5.31. The fourth-order valence-corrected chi connectivity index (χ4v) is 3.09. The van der Waals surface area contributed by atoms with Crippen molar-refractivity contribution in [3.05, 3.63) is 76.5 Å². The summed E-state index contributed by atoms with van der Waals surface area (Å²) < 4.78 is 5.72. The van der Waals surface area contributed by atoms with Crippen molar-refractivity contribution in [2.45, 2.75) is 27.7 Å². The Labute approximate surface area is 164 Å². The molecule has 3 aromatic rings. The first-order valence-electron chi connectivity index (χ1n) is 8.70. The summed E-state index contributed by atoms with van der Waals surface area (Å²) in [5, 5.41) is 5.92. The second kappa shape index (κ2) is 7.76. The quantitative estimate of drug-likeness (QED) is 0.607. The molecule has 27 heavy (non-hydrogen) atoms. The molecule has 1 amide bonds. The van der Waals surface area contributed by atoms with E-state index in [0.29, 0.717) is 5.76 Å². The van der Waals surface area contributed by atoms with Crippen LogP contribution in [0.5, 0.6) is 0 Å². The highest BCUT2D eigenvalue weighted by Crippen LogP contribution is 2.24. The van der Waals surface area contributed by atoms with Crippen LogP contribution in [0.25, 0.3) is 11.3 Å². The summed E-state index contributed by atoms with van der Waals surface area (Å²) in [6, 6.07) is 15.5. The van der Waals surface area contributed by atoms with Crippen molar-refractivity contribution in [3.63, 3.8) is 0 Å². The van der Waals surface area contributed by atoms with Gasteiger partial charge in [-0.15, -0.1) is 0 Å². The summed E-state index contributed by atoms with van der Waals surface area (Å²) in [5.41, 5.74) is 6.41. The number of nitrogens with one attached hydrogen (secondary N) is 2. The van der Waals surface area contributed by atoms with Gasteiger partial charge >= 0.3 is 0 Å². The van der Waals surface area contributed by atoms with E-state index < -0.39 is 0 Å². The van der Waals surface area contributed by atoms with Gasteiger partial charge in [0, 0.05) is 11.3 Å². The van der Waals surface area contributed by atoms with Gasteiger partial charge in [-0.3, -0.25) is 10.1 Å². The molecule has 0 fully saturated rings. The van der Waals surface area contributed by atoms with Gasteiger partial charge in [-0.1, -0.05) is 18.2 Å². The van der Waals surface area contributed by atoms with Crippen LogP contribution in [-0.4, -0.2) is 11.0 Å². The van der Waals surface area contributed by atoms with E-state index in [9.17, 15) is 4.79 Å². The van der Waals surface area contributed by atoms with Crippen LogP contribution in [0.3, 0.4) is 0 Å². The van der Waals surface area contributed by atoms with Crippen molar-refractivity contribution in [2.24, 2.45) is 0 Å². The van der Waals surface area contributed by atoms with E-state index >= 15 is 0 Å². The zero-order valence-electron chi connectivity index (χ0n) is 15.8. The lowest BCUT2D eigenvalue weighted by Gasteiger charge is -2.10.